The minimum absolute atomic E-state index is 0.0758. The quantitative estimate of drug-likeness (QED) is 0.848. The minimum Gasteiger partial charge on any atom is -0.497 e. The summed E-state index contributed by atoms with van der Waals surface area (Å²) in [6.45, 7) is 0.844. The Balaban J connectivity index is 1.42. The molecule has 1 aromatic carbocycles. The van der Waals surface area contributed by atoms with Crippen molar-refractivity contribution in [1.82, 2.24) is 5.32 Å². The van der Waals surface area contributed by atoms with E-state index >= 15 is 0 Å². The van der Waals surface area contributed by atoms with Gasteiger partial charge in [0, 0.05) is 36.1 Å². The summed E-state index contributed by atoms with van der Waals surface area (Å²) in [7, 11) is 3.25. The molecule has 0 aromatic heterocycles. The maximum atomic E-state index is 12.7. The average Bonchev–Trinajstić information content (AvgIpc) is 3.31. The lowest BCUT2D eigenvalue weighted by Crippen LogP contribution is -2.63. The third-order valence-electron chi connectivity index (χ3n) is 6.56. The third-order valence-corrected chi connectivity index (χ3v) is 6.56. The molecule has 0 spiro atoms. The molecule has 1 aromatic rings. The predicted octanol–water partition coefficient (Wildman–Crippen LogP) is 2.96. The molecule has 0 bridgehead atoms. The van der Waals surface area contributed by atoms with E-state index in [2.05, 4.69) is 5.32 Å². The van der Waals surface area contributed by atoms with Crippen molar-refractivity contribution >= 4 is 5.91 Å². The highest BCUT2D eigenvalue weighted by atomic mass is 16.5. The number of amides is 1. The predicted molar refractivity (Wildman–Crippen MR) is 98.5 cm³/mol. The Morgan fingerprint density at radius 3 is 2.73 bits per heavy atom. The smallest absolute Gasteiger partial charge is 0.224 e. The van der Waals surface area contributed by atoms with E-state index in [0.717, 1.165) is 30.3 Å². The monoisotopic (exact) mass is 359 g/mol. The van der Waals surface area contributed by atoms with Crippen LogP contribution in [0.25, 0.3) is 0 Å². The highest BCUT2D eigenvalue weighted by molar-refractivity contribution is 5.80. The Morgan fingerprint density at radius 1 is 1.19 bits per heavy atom. The van der Waals surface area contributed by atoms with Gasteiger partial charge in [0.25, 0.3) is 0 Å². The molecule has 2 aliphatic carbocycles. The van der Waals surface area contributed by atoms with Crippen LogP contribution >= 0.6 is 0 Å². The van der Waals surface area contributed by atoms with Crippen LogP contribution in [0.3, 0.4) is 0 Å². The lowest BCUT2D eigenvalue weighted by molar-refractivity contribution is -0.129. The molecule has 1 heterocycles. The fourth-order valence-corrected chi connectivity index (χ4v) is 5.27. The van der Waals surface area contributed by atoms with Crippen molar-refractivity contribution in [2.75, 3.05) is 20.8 Å². The van der Waals surface area contributed by atoms with Crippen molar-refractivity contribution in [1.29, 1.82) is 0 Å². The maximum Gasteiger partial charge on any atom is 0.224 e. The number of benzene rings is 1. The van der Waals surface area contributed by atoms with Gasteiger partial charge in [-0.1, -0.05) is 31.7 Å². The molecule has 1 aliphatic heterocycles. The van der Waals surface area contributed by atoms with E-state index in [1.54, 1.807) is 14.2 Å². The van der Waals surface area contributed by atoms with Gasteiger partial charge in [0.15, 0.2) is 0 Å². The van der Waals surface area contributed by atoms with Gasteiger partial charge in [0.1, 0.15) is 11.5 Å². The first-order valence-corrected chi connectivity index (χ1v) is 9.83. The number of rotatable bonds is 6. The molecule has 0 radical (unpaired) electrons. The zero-order valence-electron chi connectivity index (χ0n) is 15.7. The molecule has 1 amide bonds. The van der Waals surface area contributed by atoms with E-state index < -0.39 is 0 Å². The molecule has 4 atom stereocenters. The lowest BCUT2D eigenvalue weighted by Gasteiger charge is -2.50. The number of nitrogens with one attached hydrogen (secondary N) is 1. The molecule has 3 aliphatic rings. The highest BCUT2D eigenvalue weighted by Gasteiger charge is 2.56. The van der Waals surface area contributed by atoms with Gasteiger partial charge < -0.3 is 19.5 Å². The van der Waals surface area contributed by atoms with Crippen LogP contribution in [0.15, 0.2) is 18.2 Å². The summed E-state index contributed by atoms with van der Waals surface area (Å²) in [5, 5.41) is 3.34. The van der Waals surface area contributed by atoms with Gasteiger partial charge in [-0.05, 0) is 18.4 Å². The number of carbonyl (C=O) groups is 1. The molecule has 1 saturated heterocycles. The van der Waals surface area contributed by atoms with Gasteiger partial charge >= 0.3 is 0 Å². The highest BCUT2D eigenvalue weighted by Crippen LogP contribution is 2.51. The van der Waals surface area contributed by atoms with Gasteiger partial charge in [-0.25, -0.2) is 0 Å². The van der Waals surface area contributed by atoms with Crippen molar-refractivity contribution in [3.63, 3.8) is 0 Å². The van der Waals surface area contributed by atoms with Gasteiger partial charge in [0.2, 0.25) is 5.91 Å². The number of hydrogen-bond donors (Lipinski definition) is 1. The minimum atomic E-state index is 0.0758. The Labute approximate surface area is 155 Å². The van der Waals surface area contributed by atoms with Gasteiger partial charge in [-0.2, -0.15) is 0 Å². The third kappa shape index (κ3) is 3.18. The second-order valence-corrected chi connectivity index (χ2v) is 7.86. The van der Waals surface area contributed by atoms with Gasteiger partial charge in [-0.15, -0.1) is 0 Å². The summed E-state index contributed by atoms with van der Waals surface area (Å²) < 4.78 is 16.6. The number of fused-ring (bicyclic) bond motifs is 1. The van der Waals surface area contributed by atoms with Crippen molar-refractivity contribution in [3.8, 4) is 11.5 Å². The Morgan fingerprint density at radius 2 is 2.00 bits per heavy atom. The largest absolute Gasteiger partial charge is 0.497 e. The first-order valence-electron chi connectivity index (χ1n) is 9.83. The second-order valence-electron chi connectivity index (χ2n) is 7.86. The van der Waals surface area contributed by atoms with E-state index in [0.29, 0.717) is 30.1 Å². The lowest BCUT2D eigenvalue weighted by atomic mass is 9.61. The summed E-state index contributed by atoms with van der Waals surface area (Å²) in [4.78, 5) is 12.7. The van der Waals surface area contributed by atoms with Crippen LogP contribution in [0.4, 0.5) is 0 Å². The van der Waals surface area contributed by atoms with Crippen LogP contribution in [0.1, 0.15) is 37.7 Å². The van der Waals surface area contributed by atoms with Crippen molar-refractivity contribution in [2.45, 2.75) is 50.7 Å². The number of carbonyl (C=O) groups excluding carboxylic acids is 1. The SMILES string of the molecule is COc1ccc(CC(=O)N[C@H]2[C@H]3CCO[C@H]3[C@H]2C2CCCC2)c(OC)c1. The van der Waals surface area contributed by atoms with Crippen LogP contribution in [0.5, 0.6) is 11.5 Å². The molecule has 142 valence electrons. The topological polar surface area (TPSA) is 56.8 Å². The summed E-state index contributed by atoms with van der Waals surface area (Å²) in [5.74, 6) is 3.23. The Hall–Kier alpha value is -1.75. The molecular weight excluding hydrogens is 330 g/mol. The summed E-state index contributed by atoms with van der Waals surface area (Å²) in [6.07, 6.45) is 7.00. The van der Waals surface area contributed by atoms with Gasteiger partial charge in [0.05, 0.1) is 26.7 Å². The zero-order chi connectivity index (χ0) is 18.1. The van der Waals surface area contributed by atoms with E-state index in [1.165, 1.54) is 25.7 Å². The van der Waals surface area contributed by atoms with Crippen LogP contribution < -0.4 is 14.8 Å². The van der Waals surface area contributed by atoms with E-state index in [1.807, 2.05) is 18.2 Å². The zero-order valence-corrected chi connectivity index (χ0v) is 15.7. The maximum absolute atomic E-state index is 12.7. The van der Waals surface area contributed by atoms with Crippen LogP contribution in [-0.4, -0.2) is 38.9 Å². The van der Waals surface area contributed by atoms with Gasteiger partial charge in [-0.3, -0.25) is 4.79 Å². The first kappa shape index (κ1) is 17.7. The molecule has 26 heavy (non-hydrogen) atoms. The molecule has 2 saturated carbocycles. The first-order chi connectivity index (χ1) is 12.7. The second kappa shape index (κ2) is 7.47. The normalized spacial score (nSPS) is 30.5. The number of ether oxygens (including phenoxy) is 3. The summed E-state index contributed by atoms with van der Waals surface area (Å²) in [6, 6.07) is 5.89. The summed E-state index contributed by atoms with van der Waals surface area (Å²) in [5.41, 5.74) is 0.891. The average molecular weight is 359 g/mol. The molecule has 3 fully saturated rings. The van der Waals surface area contributed by atoms with Crippen molar-refractivity contribution < 1.29 is 19.0 Å². The molecule has 5 nitrogen and oxygen atoms in total. The number of methoxy groups -OCH3 is 2. The van der Waals surface area contributed by atoms with Crippen molar-refractivity contribution in [3.05, 3.63) is 23.8 Å². The number of hydrogen-bond acceptors (Lipinski definition) is 4. The van der Waals surface area contributed by atoms with E-state index in [-0.39, 0.29) is 11.9 Å². The molecule has 4 rings (SSSR count). The van der Waals surface area contributed by atoms with Crippen LogP contribution in [-0.2, 0) is 16.0 Å². The van der Waals surface area contributed by atoms with Crippen LogP contribution in [0.2, 0.25) is 0 Å². The molecular formula is C21H29NO4. The Bertz CT molecular complexity index is 651. The fraction of sp³-hybridized carbons (Fsp3) is 0.667. The van der Waals surface area contributed by atoms with Crippen molar-refractivity contribution in [2.24, 2.45) is 17.8 Å². The molecule has 0 unspecified atom stereocenters. The fourth-order valence-electron chi connectivity index (χ4n) is 5.27. The standard InChI is InChI=1S/C21H29NO4/c1-24-15-8-7-14(17(12-15)25-2)11-18(23)22-20-16-9-10-26-21(16)19(20)13-5-3-4-6-13/h7-8,12-13,16,19-21H,3-6,9-11H2,1-2H3,(H,22,23)/t16-,19+,20+,21-/m1/s1. The van der Waals surface area contributed by atoms with Crippen LogP contribution in [0, 0.1) is 17.8 Å². The summed E-state index contributed by atoms with van der Waals surface area (Å²) >= 11 is 0. The van der Waals surface area contributed by atoms with E-state index in [9.17, 15) is 4.79 Å². The molecule has 5 heteroatoms. The van der Waals surface area contributed by atoms with E-state index in [4.69, 9.17) is 14.2 Å². The Kier molecular flexibility index (Phi) is 5.07. The molecule has 1 N–H and O–H groups in total.